The molecular formula is C15H16N2OS. The monoisotopic (exact) mass is 272 g/mol. The number of hydrogen-bond donors (Lipinski definition) is 2. The molecule has 3 nitrogen and oxygen atoms in total. The van der Waals surface area contributed by atoms with Crippen molar-refractivity contribution < 1.29 is 4.42 Å². The Bertz CT molecular complexity index is 653. The van der Waals surface area contributed by atoms with E-state index in [0.717, 1.165) is 23.2 Å². The average molecular weight is 272 g/mol. The molecule has 0 aliphatic carbocycles. The lowest BCUT2D eigenvalue weighted by molar-refractivity contribution is 0.480. The highest BCUT2D eigenvalue weighted by molar-refractivity contribution is 7.10. The van der Waals surface area contributed by atoms with Crippen molar-refractivity contribution in [3.8, 4) is 0 Å². The van der Waals surface area contributed by atoms with Crippen LogP contribution in [0.3, 0.4) is 0 Å². The number of nitrogens with one attached hydrogen (secondary N) is 1. The van der Waals surface area contributed by atoms with Gasteiger partial charge in [-0.05, 0) is 35.6 Å². The fourth-order valence-corrected chi connectivity index (χ4v) is 3.39. The Balaban J connectivity index is 2.06. The van der Waals surface area contributed by atoms with Gasteiger partial charge in [0.2, 0.25) is 0 Å². The summed E-state index contributed by atoms with van der Waals surface area (Å²) in [5.74, 6) is 6.60. The van der Waals surface area contributed by atoms with Crippen molar-refractivity contribution in [2.24, 2.45) is 5.84 Å². The Labute approximate surface area is 116 Å². The molecule has 1 aromatic carbocycles. The minimum Gasteiger partial charge on any atom is -0.459 e. The molecule has 3 aromatic rings. The third kappa shape index (κ3) is 2.18. The zero-order valence-corrected chi connectivity index (χ0v) is 11.5. The number of nitrogens with two attached hydrogens (primary N) is 1. The van der Waals surface area contributed by atoms with Gasteiger partial charge >= 0.3 is 0 Å². The van der Waals surface area contributed by atoms with Crippen LogP contribution in [-0.4, -0.2) is 0 Å². The molecule has 98 valence electrons. The topological polar surface area (TPSA) is 51.2 Å². The molecule has 0 saturated carbocycles. The number of rotatable bonds is 4. The van der Waals surface area contributed by atoms with Crippen LogP contribution < -0.4 is 11.3 Å². The van der Waals surface area contributed by atoms with Crippen LogP contribution in [0.2, 0.25) is 0 Å². The van der Waals surface area contributed by atoms with Crippen molar-refractivity contribution in [3.05, 3.63) is 58.0 Å². The number of furan rings is 1. The summed E-state index contributed by atoms with van der Waals surface area (Å²) in [7, 11) is 0. The molecule has 1 atom stereocenters. The van der Waals surface area contributed by atoms with E-state index < -0.39 is 0 Å². The van der Waals surface area contributed by atoms with Gasteiger partial charge in [-0.25, -0.2) is 5.43 Å². The molecule has 0 aliphatic rings. The first kappa shape index (κ1) is 12.4. The SMILES string of the molecule is CCc1ccsc1C(NN)c1cc2ccccc2o1. The molecule has 0 amide bonds. The van der Waals surface area contributed by atoms with Crippen molar-refractivity contribution in [2.75, 3.05) is 0 Å². The normalized spacial score (nSPS) is 12.9. The number of benzene rings is 1. The van der Waals surface area contributed by atoms with Gasteiger partial charge in [-0.15, -0.1) is 11.3 Å². The molecule has 4 heteroatoms. The molecule has 0 bridgehead atoms. The second kappa shape index (κ2) is 5.17. The van der Waals surface area contributed by atoms with Crippen LogP contribution in [0.15, 0.2) is 46.2 Å². The number of fused-ring (bicyclic) bond motifs is 1. The summed E-state index contributed by atoms with van der Waals surface area (Å²) in [6, 6.07) is 12.1. The van der Waals surface area contributed by atoms with Gasteiger partial charge < -0.3 is 4.42 Å². The molecule has 1 unspecified atom stereocenters. The summed E-state index contributed by atoms with van der Waals surface area (Å²) < 4.78 is 5.91. The molecule has 3 N–H and O–H groups in total. The van der Waals surface area contributed by atoms with E-state index in [2.05, 4.69) is 29.9 Å². The Kier molecular flexibility index (Phi) is 3.38. The maximum Gasteiger partial charge on any atom is 0.134 e. The largest absolute Gasteiger partial charge is 0.459 e. The molecule has 0 saturated heterocycles. The predicted octanol–water partition coefficient (Wildman–Crippen LogP) is 3.61. The summed E-state index contributed by atoms with van der Waals surface area (Å²) in [4.78, 5) is 1.23. The highest BCUT2D eigenvalue weighted by atomic mass is 32.1. The molecule has 3 rings (SSSR count). The van der Waals surface area contributed by atoms with Crippen LogP contribution >= 0.6 is 11.3 Å². The smallest absolute Gasteiger partial charge is 0.134 e. The third-order valence-electron chi connectivity index (χ3n) is 3.32. The first-order valence-electron chi connectivity index (χ1n) is 6.34. The quantitative estimate of drug-likeness (QED) is 0.563. The van der Waals surface area contributed by atoms with Gasteiger partial charge in [0, 0.05) is 10.3 Å². The van der Waals surface area contributed by atoms with E-state index >= 15 is 0 Å². The van der Waals surface area contributed by atoms with Crippen LogP contribution in [0.25, 0.3) is 11.0 Å². The summed E-state index contributed by atoms with van der Waals surface area (Å²) in [5.41, 5.74) is 5.08. The third-order valence-corrected chi connectivity index (χ3v) is 4.34. The van der Waals surface area contributed by atoms with Gasteiger partial charge in [0.25, 0.3) is 0 Å². The summed E-state index contributed by atoms with van der Waals surface area (Å²) in [6.07, 6.45) is 0.997. The van der Waals surface area contributed by atoms with E-state index in [-0.39, 0.29) is 6.04 Å². The Hall–Kier alpha value is -1.62. The molecule has 0 radical (unpaired) electrons. The van der Waals surface area contributed by atoms with Crippen molar-refractivity contribution in [1.29, 1.82) is 0 Å². The maximum atomic E-state index is 5.91. The maximum absolute atomic E-state index is 5.91. The van der Waals surface area contributed by atoms with Gasteiger partial charge in [0.1, 0.15) is 17.4 Å². The first-order valence-corrected chi connectivity index (χ1v) is 7.22. The van der Waals surface area contributed by atoms with E-state index in [0.29, 0.717) is 0 Å². The van der Waals surface area contributed by atoms with Crippen molar-refractivity contribution in [3.63, 3.8) is 0 Å². The summed E-state index contributed by atoms with van der Waals surface area (Å²) in [5, 5.41) is 3.20. The van der Waals surface area contributed by atoms with Crippen LogP contribution in [0.5, 0.6) is 0 Å². The molecule has 2 heterocycles. The van der Waals surface area contributed by atoms with Gasteiger partial charge in [0.15, 0.2) is 0 Å². The molecule has 0 fully saturated rings. The molecule has 19 heavy (non-hydrogen) atoms. The molecule has 2 aromatic heterocycles. The van der Waals surface area contributed by atoms with E-state index in [1.54, 1.807) is 11.3 Å². The fourth-order valence-electron chi connectivity index (χ4n) is 2.32. The number of hydrogen-bond acceptors (Lipinski definition) is 4. The lowest BCUT2D eigenvalue weighted by atomic mass is 10.1. The number of aryl methyl sites for hydroxylation is 1. The Morgan fingerprint density at radius 2 is 2.16 bits per heavy atom. The Morgan fingerprint density at radius 3 is 2.89 bits per heavy atom. The minimum absolute atomic E-state index is 0.0812. The predicted molar refractivity (Wildman–Crippen MR) is 79.1 cm³/mol. The zero-order valence-electron chi connectivity index (χ0n) is 10.7. The van der Waals surface area contributed by atoms with Crippen molar-refractivity contribution >= 4 is 22.3 Å². The van der Waals surface area contributed by atoms with E-state index in [1.165, 1.54) is 10.4 Å². The van der Waals surface area contributed by atoms with Crippen molar-refractivity contribution in [1.82, 2.24) is 5.43 Å². The minimum atomic E-state index is -0.0812. The first-order chi connectivity index (χ1) is 9.33. The fraction of sp³-hybridized carbons (Fsp3) is 0.200. The zero-order chi connectivity index (χ0) is 13.2. The van der Waals surface area contributed by atoms with E-state index in [4.69, 9.17) is 10.3 Å². The summed E-state index contributed by atoms with van der Waals surface area (Å²) in [6.45, 7) is 2.15. The second-order valence-electron chi connectivity index (χ2n) is 4.45. The van der Waals surface area contributed by atoms with Crippen LogP contribution in [0.4, 0.5) is 0 Å². The van der Waals surface area contributed by atoms with E-state index in [9.17, 15) is 0 Å². The Morgan fingerprint density at radius 1 is 1.32 bits per heavy atom. The van der Waals surface area contributed by atoms with Gasteiger partial charge in [-0.1, -0.05) is 25.1 Å². The lowest BCUT2D eigenvalue weighted by Crippen LogP contribution is -2.28. The number of para-hydroxylation sites is 1. The highest BCUT2D eigenvalue weighted by Gasteiger charge is 2.20. The molecular weight excluding hydrogens is 256 g/mol. The van der Waals surface area contributed by atoms with Crippen molar-refractivity contribution in [2.45, 2.75) is 19.4 Å². The number of hydrazine groups is 1. The average Bonchev–Trinajstić information content (AvgIpc) is 3.05. The molecule has 0 aliphatic heterocycles. The van der Waals surface area contributed by atoms with Crippen LogP contribution in [0.1, 0.15) is 29.2 Å². The summed E-state index contributed by atoms with van der Waals surface area (Å²) >= 11 is 1.71. The van der Waals surface area contributed by atoms with Crippen LogP contribution in [0, 0.1) is 0 Å². The van der Waals surface area contributed by atoms with Gasteiger partial charge in [-0.2, -0.15) is 0 Å². The van der Waals surface area contributed by atoms with Gasteiger partial charge in [0.05, 0.1) is 0 Å². The standard InChI is InChI=1S/C15H16N2OS/c1-2-10-7-8-19-15(10)14(17-16)13-9-11-5-3-4-6-12(11)18-13/h3-9,14,17H,2,16H2,1H3. The highest BCUT2D eigenvalue weighted by Crippen LogP contribution is 2.32. The number of thiophene rings is 1. The van der Waals surface area contributed by atoms with Crippen LogP contribution in [-0.2, 0) is 6.42 Å². The molecule has 0 spiro atoms. The van der Waals surface area contributed by atoms with Gasteiger partial charge in [-0.3, -0.25) is 5.84 Å². The second-order valence-corrected chi connectivity index (χ2v) is 5.40. The lowest BCUT2D eigenvalue weighted by Gasteiger charge is -2.13. The van der Waals surface area contributed by atoms with E-state index in [1.807, 2.05) is 24.3 Å².